The average molecular weight is 225 g/mol. The Labute approximate surface area is 103 Å². The van der Waals surface area contributed by atoms with Crippen molar-refractivity contribution in [2.45, 2.75) is 25.3 Å². The van der Waals surface area contributed by atoms with Crippen LogP contribution in [0.1, 0.15) is 19.4 Å². The molecular formula is C16H19N. The highest BCUT2D eigenvalue weighted by molar-refractivity contribution is 5.62. The van der Waals surface area contributed by atoms with Gasteiger partial charge in [-0.25, -0.2) is 0 Å². The molecule has 1 aromatic carbocycles. The van der Waals surface area contributed by atoms with Gasteiger partial charge >= 0.3 is 0 Å². The van der Waals surface area contributed by atoms with Crippen LogP contribution in [0.2, 0.25) is 0 Å². The lowest BCUT2D eigenvalue weighted by Gasteiger charge is -2.49. The Morgan fingerprint density at radius 2 is 1.76 bits per heavy atom. The van der Waals surface area contributed by atoms with E-state index < -0.39 is 0 Å². The summed E-state index contributed by atoms with van der Waals surface area (Å²) in [5, 5.41) is 0. The van der Waals surface area contributed by atoms with Crippen molar-refractivity contribution in [3.8, 4) is 0 Å². The van der Waals surface area contributed by atoms with Gasteiger partial charge in [0.1, 0.15) is 0 Å². The maximum atomic E-state index is 2.41. The Morgan fingerprint density at radius 3 is 2.59 bits per heavy atom. The summed E-state index contributed by atoms with van der Waals surface area (Å²) in [5.74, 6) is 0.562. The van der Waals surface area contributed by atoms with Gasteiger partial charge in [0.2, 0.25) is 0 Å². The Kier molecular flexibility index (Phi) is 2.19. The van der Waals surface area contributed by atoms with E-state index in [0.29, 0.717) is 12.0 Å². The van der Waals surface area contributed by atoms with Crippen LogP contribution in [0.4, 0.5) is 5.69 Å². The topological polar surface area (TPSA) is 3.24 Å². The number of hydrogen-bond acceptors (Lipinski definition) is 1. The first-order chi connectivity index (χ1) is 8.12. The number of nitrogens with zero attached hydrogens (tertiary/aromatic N) is 1. The fourth-order valence-electron chi connectivity index (χ4n) is 3.30. The SMILES string of the molecule is CN1c2ccccc2C(C)(C)C2C=CC=CC21. The van der Waals surface area contributed by atoms with E-state index in [1.807, 2.05) is 0 Å². The summed E-state index contributed by atoms with van der Waals surface area (Å²) in [5.41, 5.74) is 3.04. The Morgan fingerprint density at radius 1 is 1.06 bits per heavy atom. The maximum absolute atomic E-state index is 2.41. The summed E-state index contributed by atoms with van der Waals surface area (Å²) in [6.07, 6.45) is 9.03. The maximum Gasteiger partial charge on any atom is 0.0544 e. The van der Waals surface area contributed by atoms with Gasteiger partial charge in [-0.3, -0.25) is 0 Å². The van der Waals surface area contributed by atoms with Gasteiger partial charge in [-0.15, -0.1) is 0 Å². The van der Waals surface area contributed by atoms with Crippen LogP contribution in [0.15, 0.2) is 48.6 Å². The van der Waals surface area contributed by atoms with Crippen molar-refractivity contribution in [1.29, 1.82) is 0 Å². The second-order valence-corrected chi connectivity index (χ2v) is 5.64. The monoisotopic (exact) mass is 225 g/mol. The molecule has 0 saturated carbocycles. The molecule has 88 valence electrons. The zero-order valence-electron chi connectivity index (χ0n) is 10.7. The minimum atomic E-state index is 0.203. The molecule has 2 atom stereocenters. The molecule has 0 fully saturated rings. The smallest absolute Gasteiger partial charge is 0.0544 e. The van der Waals surface area contributed by atoms with Gasteiger partial charge in [0.25, 0.3) is 0 Å². The van der Waals surface area contributed by atoms with E-state index in [9.17, 15) is 0 Å². The van der Waals surface area contributed by atoms with E-state index in [2.05, 4.69) is 74.4 Å². The number of benzene rings is 1. The minimum Gasteiger partial charge on any atom is -0.367 e. The van der Waals surface area contributed by atoms with Crippen molar-refractivity contribution >= 4 is 5.69 Å². The Hall–Kier alpha value is -1.50. The third-order valence-corrected chi connectivity index (χ3v) is 4.36. The van der Waals surface area contributed by atoms with Crippen LogP contribution < -0.4 is 4.90 Å². The first kappa shape index (κ1) is 10.6. The number of anilines is 1. The summed E-state index contributed by atoms with van der Waals surface area (Å²) in [7, 11) is 2.20. The molecule has 2 unspecified atom stereocenters. The lowest BCUT2D eigenvalue weighted by atomic mass is 9.65. The molecule has 1 aliphatic heterocycles. The molecule has 0 saturated heterocycles. The highest BCUT2D eigenvalue weighted by Gasteiger charge is 2.42. The predicted octanol–water partition coefficient (Wildman–Crippen LogP) is 3.52. The van der Waals surface area contributed by atoms with Gasteiger partial charge in [-0.1, -0.05) is 56.4 Å². The zero-order chi connectivity index (χ0) is 12.0. The molecule has 0 aromatic heterocycles. The summed E-state index contributed by atoms with van der Waals surface area (Å²) < 4.78 is 0. The van der Waals surface area contributed by atoms with Crippen molar-refractivity contribution in [1.82, 2.24) is 0 Å². The number of hydrogen-bond donors (Lipinski definition) is 0. The van der Waals surface area contributed by atoms with E-state index in [0.717, 1.165) is 0 Å². The van der Waals surface area contributed by atoms with Gasteiger partial charge in [-0.05, 0) is 11.6 Å². The number of rotatable bonds is 0. The first-order valence-electron chi connectivity index (χ1n) is 6.30. The third-order valence-electron chi connectivity index (χ3n) is 4.36. The summed E-state index contributed by atoms with van der Waals surface area (Å²) in [6, 6.07) is 9.28. The van der Waals surface area contributed by atoms with Crippen LogP contribution in [-0.2, 0) is 5.41 Å². The van der Waals surface area contributed by atoms with E-state index in [-0.39, 0.29) is 5.41 Å². The van der Waals surface area contributed by atoms with Crippen LogP contribution in [0.25, 0.3) is 0 Å². The molecule has 0 bridgehead atoms. The number of allylic oxidation sites excluding steroid dienone is 2. The van der Waals surface area contributed by atoms with Crippen LogP contribution >= 0.6 is 0 Å². The second kappa shape index (κ2) is 3.49. The molecule has 0 N–H and O–H groups in total. The van der Waals surface area contributed by atoms with Crippen molar-refractivity contribution in [3.63, 3.8) is 0 Å². The summed E-state index contributed by atoms with van der Waals surface area (Å²) in [4.78, 5) is 2.41. The second-order valence-electron chi connectivity index (χ2n) is 5.64. The largest absolute Gasteiger partial charge is 0.367 e. The van der Waals surface area contributed by atoms with Gasteiger partial charge in [-0.2, -0.15) is 0 Å². The summed E-state index contributed by atoms with van der Waals surface area (Å²) in [6.45, 7) is 4.72. The molecule has 3 rings (SSSR count). The van der Waals surface area contributed by atoms with E-state index in [1.54, 1.807) is 0 Å². The zero-order valence-corrected chi connectivity index (χ0v) is 10.7. The van der Waals surface area contributed by atoms with E-state index >= 15 is 0 Å². The normalized spacial score (nSPS) is 28.8. The fourth-order valence-corrected chi connectivity index (χ4v) is 3.30. The molecule has 1 aliphatic carbocycles. The molecule has 17 heavy (non-hydrogen) atoms. The van der Waals surface area contributed by atoms with Gasteiger partial charge < -0.3 is 4.90 Å². The predicted molar refractivity (Wildman–Crippen MR) is 73.4 cm³/mol. The Bertz CT molecular complexity index is 496. The number of likely N-dealkylation sites (N-methyl/N-ethyl adjacent to an activating group) is 1. The van der Waals surface area contributed by atoms with Crippen molar-refractivity contribution in [3.05, 3.63) is 54.1 Å². The standard InChI is InChI=1S/C16H19N/c1-16(2)12-8-4-6-10-14(12)17(3)15-11-7-5-9-13(15)16/h4-12,14H,1-3H3. The molecule has 2 aliphatic rings. The third kappa shape index (κ3) is 1.38. The number of fused-ring (bicyclic) bond motifs is 2. The van der Waals surface area contributed by atoms with Crippen LogP contribution in [0.5, 0.6) is 0 Å². The van der Waals surface area contributed by atoms with Crippen molar-refractivity contribution in [2.24, 2.45) is 5.92 Å². The van der Waals surface area contributed by atoms with Gasteiger partial charge in [0, 0.05) is 24.1 Å². The molecular weight excluding hydrogens is 206 g/mol. The average Bonchev–Trinajstić information content (AvgIpc) is 2.37. The lowest BCUT2D eigenvalue weighted by Crippen LogP contribution is -2.50. The fraction of sp³-hybridized carbons (Fsp3) is 0.375. The molecule has 0 amide bonds. The highest BCUT2D eigenvalue weighted by atomic mass is 15.2. The Balaban J connectivity index is 2.21. The minimum absolute atomic E-state index is 0.203. The van der Waals surface area contributed by atoms with Crippen LogP contribution in [0, 0.1) is 5.92 Å². The molecule has 1 heterocycles. The molecule has 0 radical (unpaired) electrons. The van der Waals surface area contributed by atoms with Crippen LogP contribution in [-0.4, -0.2) is 13.1 Å². The highest BCUT2D eigenvalue weighted by Crippen LogP contribution is 2.47. The van der Waals surface area contributed by atoms with Crippen molar-refractivity contribution in [2.75, 3.05) is 11.9 Å². The lowest BCUT2D eigenvalue weighted by molar-refractivity contribution is 0.327. The van der Waals surface area contributed by atoms with Crippen molar-refractivity contribution < 1.29 is 0 Å². The van der Waals surface area contributed by atoms with Gasteiger partial charge in [0.05, 0.1) is 6.04 Å². The summed E-state index contributed by atoms with van der Waals surface area (Å²) >= 11 is 0. The van der Waals surface area contributed by atoms with Gasteiger partial charge in [0.15, 0.2) is 0 Å². The molecule has 1 nitrogen and oxygen atoms in total. The number of para-hydroxylation sites is 1. The van der Waals surface area contributed by atoms with E-state index in [4.69, 9.17) is 0 Å². The quantitative estimate of drug-likeness (QED) is 0.653. The molecule has 1 aromatic rings. The van der Waals surface area contributed by atoms with Crippen LogP contribution in [0.3, 0.4) is 0 Å². The molecule has 1 heteroatoms. The van der Waals surface area contributed by atoms with E-state index in [1.165, 1.54) is 11.3 Å². The first-order valence-corrected chi connectivity index (χ1v) is 6.30. The molecule has 0 spiro atoms.